The topological polar surface area (TPSA) is 84.9 Å². The molecular weight excluding hydrogens is 262 g/mol. The first-order valence-corrected chi connectivity index (χ1v) is 6.44. The molecule has 0 bridgehead atoms. The summed E-state index contributed by atoms with van der Waals surface area (Å²) >= 11 is 0. The SMILES string of the molecule is O=C(O)COc1cccc(CNC(=O)[C@@H]2CCOC2)c1. The summed E-state index contributed by atoms with van der Waals surface area (Å²) in [5.74, 6) is -0.630. The van der Waals surface area contributed by atoms with Gasteiger partial charge in [0.1, 0.15) is 5.75 Å². The quantitative estimate of drug-likeness (QED) is 0.804. The Morgan fingerprint density at radius 2 is 2.30 bits per heavy atom. The average Bonchev–Trinajstić information content (AvgIpc) is 2.97. The van der Waals surface area contributed by atoms with Crippen LogP contribution in [0.25, 0.3) is 0 Å². The maximum absolute atomic E-state index is 11.8. The lowest BCUT2D eigenvalue weighted by molar-refractivity contribution is -0.139. The lowest BCUT2D eigenvalue weighted by Gasteiger charge is -2.10. The Bertz CT molecular complexity index is 482. The molecule has 1 atom stereocenters. The monoisotopic (exact) mass is 279 g/mol. The van der Waals surface area contributed by atoms with Crippen molar-refractivity contribution in [3.63, 3.8) is 0 Å². The standard InChI is InChI=1S/C14H17NO5/c16-13(17)9-20-12-3-1-2-10(6-12)7-15-14(18)11-4-5-19-8-11/h1-3,6,11H,4-5,7-9H2,(H,15,18)(H,16,17)/t11-/m1/s1. The Labute approximate surface area is 116 Å². The van der Waals surface area contributed by atoms with E-state index in [4.69, 9.17) is 14.6 Å². The summed E-state index contributed by atoms with van der Waals surface area (Å²) in [7, 11) is 0. The third-order valence-electron chi connectivity index (χ3n) is 3.03. The van der Waals surface area contributed by atoms with Crippen molar-refractivity contribution in [2.75, 3.05) is 19.8 Å². The van der Waals surface area contributed by atoms with Crippen LogP contribution in [0, 0.1) is 5.92 Å². The van der Waals surface area contributed by atoms with Gasteiger partial charge in [-0.15, -0.1) is 0 Å². The van der Waals surface area contributed by atoms with Crippen molar-refractivity contribution in [1.82, 2.24) is 5.32 Å². The molecule has 6 nitrogen and oxygen atoms in total. The summed E-state index contributed by atoms with van der Waals surface area (Å²) in [4.78, 5) is 22.2. The van der Waals surface area contributed by atoms with Gasteiger partial charge in [-0.05, 0) is 24.1 Å². The van der Waals surface area contributed by atoms with E-state index in [0.29, 0.717) is 25.5 Å². The second-order valence-electron chi connectivity index (χ2n) is 4.61. The molecule has 1 aromatic carbocycles. The first-order valence-electron chi connectivity index (χ1n) is 6.44. The number of carbonyl (C=O) groups excluding carboxylic acids is 1. The Morgan fingerprint density at radius 1 is 1.45 bits per heavy atom. The Morgan fingerprint density at radius 3 is 3.00 bits per heavy atom. The van der Waals surface area contributed by atoms with Crippen molar-refractivity contribution < 1.29 is 24.2 Å². The van der Waals surface area contributed by atoms with Gasteiger partial charge in [-0.2, -0.15) is 0 Å². The van der Waals surface area contributed by atoms with E-state index >= 15 is 0 Å². The molecule has 1 saturated heterocycles. The minimum Gasteiger partial charge on any atom is -0.482 e. The molecule has 1 amide bonds. The molecular formula is C14H17NO5. The number of rotatable bonds is 6. The first-order chi connectivity index (χ1) is 9.65. The third kappa shape index (κ3) is 4.24. The molecule has 1 aromatic rings. The van der Waals surface area contributed by atoms with Crippen LogP contribution in [0.5, 0.6) is 5.75 Å². The highest BCUT2D eigenvalue weighted by molar-refractivity contribution is 5.79. The second kappa shape index (κ2) is 6.91. The van der Waals surface area contributed by atoms with Gasteiger partial charge in [0.05, 0.1) is 12.5 Å². The number of benzene rings is 1. The van der Waals surface area contributed by atoms with E-state index in [2.05, 4.69) is 5.32 Å². The predicted molar refractivity (Wildman–Crippen MR) is 70.3 cm³/mol. The second-order valence-corrected chi connectivity index (χ2v) is 4.61. The van der Waals surface area contributed by atoms with Crippen molar-refractivity contribution >= 4 is 11.9 Å². The largest absolute Gasteiger partial charge is 0.482 e. The molecule has 0 aromatic heterocycles. The normalized spacial score (nSPS) is 17.7. The van der Waals surface area contributed by atoms with Crippen LogP contribution in [0.1, 0.15) is 12.0 Å². The van der Waals surface area contributed by atoms with E-state index < -0.39 is 5.97 Å². The van der Waals surface area contributed by atoms with Gasteiger partial charge >= 0.3 is 5.97 Å². The smallest absolute Gasteiger partial charge is 0.341 e. The average molecular weight is 279 g/mol. The van der Waals surface area contributed by atoms with Gasteiger partial charge in [-0.25, -0.2) is 4.79 Å². The highest BCUT2D eigenvalue weighted by Gasteiger charge is 2.22. The molecule has 1 fully saturated rings. The van der Waals surface area contributed by atoms with Crippen LogP contribution in [0.4, 0.5) is 0 Å². The fourth-order valence-electron chi connectivity index (χ4n) is 1.97. The lowest BCUT2D eigenvalue weighted by atomic mass is 10.1. The molecule has 0 spiro atoms. The van der Waals surface area contributed by atoms with Gasteiger partial charge in [0.2, 0.25) is 5.91 Å². The molecule has 2 rings (SSSR count). The van der Waals surface area contributed by atoms with E-state index in [-0.39, 0.29) is 18.4 Å². The maximum atomic E-state index is 11.8. The van der Waals surface area contributed by atoms with Gasteiger partial charge in [0.25, 0.3) is 0 Å². The minimum atomic E-state index is -1.02. The van der Waals surface area contributed by atoms with E-state index in [1.807, 2.05) is 6.07 Å². The molecule has 108 valence electrons. The number of hydrogen-bond acceptors (Lipinski definition) is 4. The predicted octanol–water partition coefficient (Wildman–Crippen LogP) is 0.803. The molecule has 1 heterocycles. The summed E-state index contributed by atoms with van der Waals surface area (Å²) < 4.78 is 10.2. The van der Waals surface area contributed by atoms with Crippen LogP contribution in [-0.4, -0.2) is 36.8 Å². The van der Waals surface area contributed by atoms with E-state index in [0.717, 1.165) is 12.0 Å². The molecule has 1 aliphatic heterocycles. The fraction of sp³-hybridized carbons (Fsp3) is 0.429. The number of carboxylic acids is 1. The Balaban J connectivity index is 1.84. The molecule has 20 heavy (non-hydrogen) atoms. The van der Waals surface area contributed by atoms with Crippen LogP contribution in [0.15, 0.2) is 24.3 Å². The number of ether oxygens (including phenoxy) is 2. The molecule has 0 radical (unpaired) electrons. The van der Waals surface area contributed by atoms with Gasteiger partial charge in [-0.3, -0.25) is 4.79 Å². The summed E-state index contributed by atoms with van der Waals surface area (Å²) in [5.41, 5.74) is 0.861. The highest BCUT2D eigenvalue weighted by atomic mass is 16.5. The van der Waals surface area contributed by atoms with Crippen molar-refractivity contribution in [1.29, 1.82) is 0 Å². The zero-order chi connectivity index (χ0) is 14.4. The number of hydrogen-bond donors (Lipinski definition) is 2. The molecule has 0 aliphatic carbocycles. The number of amides is 1. The zero-order valence-corrected chi connectivity index (χ0v) is 11.0. The summed E-state index contributed by atoms with van der Waals surface area (Å²) in [5, 5.41) is 11.4. The summed E-state index contributed by atoms with van der Waals surface area (Å²) in [6, 6.07) is 7.00. The van der Waals surface area contributed by atoms with Crippen molar-refractivity contribution in [3.05, 3.63) is 29.8 Å². The van der Waals surface area contributed by atoms with E-state index in [1.165, 1.54) is 0 Å². The highest BCUT2D eigenvalue weighted by Crippen LogP contribution is 2.15. The van der Waals surface area contributed by atoms with Crippen LogP contribution >= 0.6 is 0 Å². The maximum Gasteiger partial charge on any atom is 0.341 e. The fourth-order valence-corrected chi connectivity index (χ4v) is 1.97. The molecule has 6 heteroatoms. The number of nitrogens with one attached hydrogen (secondary N) is 1. The molecule has 1 aliphatic rings. The number of carbonyl (C=O) groups is 2. The van der Waals surface area contributed by atoms with Gasteiger partial charge < -0.3 is 19.9 Å². The molecule has 0 saturated carbocycles. The zero-order valence-electron chi connectivity index (χ0n) is 11.0. The van der Waals surface area contributed by atoms with Crippen LogP contribution in [0.2, 0.25) is 0 Å². The Hall–Kier alpha value is -2.08. The van der Waals surface area contributed by atoms with Crippen LogP contribution < -0.4 is 10.1 Å². The van der Waals surface area contributed by atoms with Gasteiger partial charge in [0.15, 0.2) is 6.61 Å². The summed E-state index contributed by atoms with van der Waals surface area (Å²) in [6.45, 7) is 1.12. The minimum absolute atomic E-state index is 0.0145. The lowest BCUT2D eigenvalue weighted by Crippen LogP contribution is -2.30. The van der Waals surface area contributed by atoms with Gasteiger partial charge in [-0.1, -0.05) is 12.1 Å². The van der Waals surface area contributed by atoms with Gasteiger partial charge in [0, 0.05) is 13.2 Å². The van der Waals surface area contributed by atoms with E-state index in [9.17, 15) is 9.59 Å². The van der Waals surface area contributed by atoms with Crippen molar-refractivity contribution in [3.8, 4) is 5.75 Å². The Kier molecular flexibility index (Phi) is 4.95. The van der Waals surface area contributed by atoms with Crippen LogP contribution in [0.3, 0.4) is 0 Å². The third-order valence-corrected chi connectivity index (χ3v) is 3.03. The van der Waals surface area contributed by atoms with E-state index in [1.54, 1.807) is 18.2 Å². The van der Waals surface area contributed by atoms with Crippen LogP contribution in [-0.2, 0) is 20.9 Å². The number of aliphatic carboxylic acids is 1. The van der Waals surface area contributed by atoms with Crippen molar-refractivity contribution in [2.24, 2.45) is 5.92 Å². The first kappa shape index (κ1) is 14.3. The van der Waals surface area contributed by atoms with Crippen molar-refractivity contribution in [2.45, 2.75) is 13.0 Å². The molecule has 0 unspecified atom stereocenters. The summed E-state index contributed by atoms with van der Waals surface area (Å²) in [6.07, 6.45) is 0.758. The number of carboxylic acid groups (broad SMARTS) is 1. The molecule has 2 N–H and O–H groups in total.